The van der Waals surface area contributed by atoms with Gasteiger partial charge in [-0.3, -0.25) is 0 Å². The normalized spacial score (nSPS) is 9.84. The first-order valence-corrected chi connectivity index (χ1v) is 11.5. The van der Waals surface area contributed by atoms with Gasteiger partial charge >= 0.3 is 11.9 Å². The Labute approximate surface area is 237 Å². The number of carbonyl (C=O) groups is 2. The summed E-state index contributed by atoms with van der Waals surface area (Å²) in [6, 6.07) is 25.7. The largest absolute Gasteiger partial charge is 0.478 e. The molecule has 4 N–H and O–H groups in total. The number of aryl methyl sites for hydroxylation is 2. The van der Waals surface area contributed by atoms with E-state index in [4.69, 9.17) is 10.2 Å². The molecule has 186 valence electrons. The van der Waals surface area contributed by atoms with E-state index in [1.807, 2.05) is 76.2 Å². The van der Waals surface area contributed by atoms with Crippen LogP contribution in [0.1, 0.15) is 43.0 Å². The maximum atomic E-state index is 11.1. The Bertz CT molecular complexity index is 1300. The molecule has 0 fully saturated rings. The van der Waals surface area contributed by atoms with Gasteiger partial charge in [-0.15, -0.1) is 0 Å². The Morgan fingerprint density at radius 2 is 0.838 bits per heavy atom. The Balaban J connectivity index is 0.000000253. The minimum atomic E-state index is -0.927. The second-order valence-corrected chi connectivity index (χ2v) is 8.45. The van der Waals surface area contributed by atoms with E-state index in [9.17, 15) is 9.59 Å². The fourth-order valence-electron chi connectivity index (χ4n) is 3.62. The van der Waals surface area contributed by atoms with E-state index in [-0.39, 0.29) is 38.4 Å². The number of para-hydroxylation sites is 2. The van der Waals surface area contributed by atoms with Crippen molar-refractivity contribution in [1.29, 1.82) is 0 Å². The maximum absolute atomic E-state index is 11.1. The van der Waals surface area contributed by atoms with Crippen molar-refractivity contribution in [3.63, 3.8) is 0 Å². The molecular formula is C30H30CdN2O4. The average Bonchev–Trinajstić information content (AvgIpc) is 2.86. The summed E-state index contributed by atoms with van der Waals surface area (Å²) < 4.78 is 0. The minimum Gasteiger partial charge on any atom is -0.478 e. The third kappa shape index (κ3) is 7.66. The number of hydrogen-bond acceptors (Lipinski definition) is 4. The fourth-order valence-corrected chi connectivity index (χ4v) is 3.62. The van der Waals surface area contributed by atoms with Gasteiger partial charge in [0.1, 0.15) is 0 Å². The number of aromatic carboxylic acids is 2. The summed E-state index contributed by atoms with van der Waals surface area (Å²) in [6.45, 7) is 8.09. The van der Waals surface area contributed by atoms with Crippen LogP contribution in [0.15, 0.2) is 84.9 Å². The van der Waals surface area contributed by atoms with Crippen LogP contribution in [0.25, 0.3) is 0 Å². The predicted molar refractivity (Wildman–Crippen MR) is 145 cm³/mol. The predicted octanol–water partition coefficient (Wildman–Crippen LogP) is 7.49. The smallest absolute Gasteiger partial charge is 0.337 e. The van der Waals surface area contributed by atoms with Gasteiger partial charge in [-0.25, -0.2) is 9.59 Å². The molecule has 0 spiro atoms. The molecule has 0 aliphatic rings. The van der Waals surface area contributed by atoms with Gasteiger partial charge in [0.15, 0.2) is 0 Å². The van der Waals surface area contributed by atoms with Crippen LogP contribution in [0, 0.1) is 27.7 Å². The molecule has 0 aromatic heterocycles. The first-order chi connectivity index (χ1) is 17.2. The number of nitrogens with one attached hydrogen (secondary N) is 2. The zero-order valence-corrected chi connectivity index (χ0v) is 25.5. The first-order valence-electron chi connectivity index (χ1n) is 11.5. The number of rotatable bonds is 6. The van der Waals surface area contributed by atoms with Gasteiger partial charge in [-0.05, 0) is 86.3 Å². The number of anilines is 4. The number of carboxylic acid groups (broad SMARTS) is 2. The first kappa shape index (κ1) is 29.6. The summed E-state index contributed by atoms with van der Waals surface area (Å²) >= 11 is 0. The Morgan fingerprint density at radius 3 is 1.19 bits per heavy atom. The third-order valence-electron chi connectivity index (χ3n) is 6.06. The summed E-state index contributed by atoms with van der Waals surface area (Å²) in [5.74, 6) is -1.85. The van der Waals surface area contributed by atoms with Crippen LogP contribution in [0.3, 0.4) is 0 Å². The van der Waals surface area contributed by atoms with Gasteiger partial charge in [0.25, 0.3) is 0 Å². The van der Waals surface area contributed by atoms with Crippen LogP contribution in [-0.2, 0) is 27.3 Å². The Hall–Kier alpha value is -3.66. The number of hydrogen-bond donors (Lipinski definition) is 4. The third-order valence-corrected chi connectivity index (χ3v) is 6.06. The van der Waals surface area contributed by atoms with Crippen molar-refractivity contribution in [2.24, 2.45) is 0 Å². The van der Waals surface area contributed by atoms with Crippen LogP contribution in [0.4, 0.5) is 22.7 Å². The summed E-state index contributed by atoms with van der Waals surface area (Å²) in [7, 11) is 0. The fraction of sp³-hybridized carbons (Fsp3) is 0.133. The molecule has 37 heavy (non-hydrogen) atoms. The van der Waals surface area contributed by atoms with Crippen LogP contribution >= 0.6 is 0 Å². The van der Waals surface area contributed by atoms with E-state index in [1.165, 1.54) is 11.1 Å². The van der Waals surface area contributed by atoms with Gasteiger partial charge in [-0.2, -0.15) is 0 Å². The minimum absolute atomic E-state index is 0. The molecule has 0 aliphatic heterocycles. The quantitative estimate of drug-likeness (QED) is 0.173. The van der Waals surface area contributed by atoms with Gasteiger partial charge in [0.05, 0.1) is 22.5 Å². The van der Waals surface area contributed by atoms with Crippen LogP contribution < -0.4 is 10.6 Å². The molecule has 0 unspecified atom stereocenters. The van der Waals surface area contributed by atoms with Crippen molar-refractivity contribution < 1.29 is 47.1 Å². The molecular weight excluding hydrogens is 565 g/mol. The van der Waals surface area contributed by atoms with Gasteiger partial charge in [-0.1, -0.05) is 48.5 Å². The standard InChI is InChI=1S/2C15H15NO2.Cd/c2*1-10-6-5-9-13(11(10)2)16-14-8-4-3-7-12(14)15(17)18;/h2*3-9,16H,1-2H3,(H,17,18);. The summed E-state index contributed by atoms with van der Waals surface area (Å²) in [5, 5.41) is 24.6. The van der Waals surface area contributed by atoms with Crippen molar-refractivity contribution in [2.75, 3.05) is 10.6 Å². The summed E-state index contributed by atoms with van der Waals surface area (Å²) in [4.78, 5) is 22.2. The molecule has 0 saturated heterocycles. The van der Waals surface area contributed by atoms with E-state index in [2.05, 4.69) is 10.6 Å². The zero-order chi connectivity index (χ0) is 26.2. The summed E-state index contributed by atoms with van der Waals surface area (Å²) in [5.41, 5.74) is 8.23. The molecule has 6 nitrogen and oxygen atoms in total. The van der Waals surface area contributed by atoms with Gasteiger partial charge in [0, 0.05) is 38.7 Å². The molecule has 4 rings (SSSR count). The van der Waals surface area contributed by atoms with Crippen LogP contribution in [0.2, 0.25) is 0 Å². The zero-order valence-electron chi connectivity index (χ0n) is 21.5. The summed E-state index contributed by atoms with van der Waals surface area (Å²) in [6.07, 6.45) is 0. The molecule has 0 radical (unpaired) electrons. The van der Waals surface area contributed by atoms with Crippen molar-refractivity contribution in [3.8, 4) is 0 Å². The van der Waals surface area contributed by atoms with E-state index in [0.29, 0.717) is 11.4 Å². The molecule has 4 aromatic rings. The second-order valence-electron chi connectivity index (χ2n) is 8.45. The van der Waals surface area contributed by atoms with Crippen LogP contribution in [-0.4, -0.2) is 22.2 Å². The molecule has 0 aliphatic carbocycles. The monoisotopic (exact) mass is 596 g/mol. The average molecular weight is 595 g/mol. The van der Waals surface area contributed by atoms with Crippen molar-refractivity contribution >= 4 is 34.7 Å². The molecule has 0 heterocycles. The molecule has 0 bridgehead atoms. The molecule has 0 saturated carbocycles. The second kappa shape index (κ2) is 13.6. The van der Waals surface area contributed by atoms with Gasteiger partial charge < -0.3 is 20.8 Å². The maximum Gasteiger partial charge on any atom is 0.337 e. The van der Waals surface area contributed by atoms with E-state index >= 15 is 0 Å². The van der Waals surface area contributed by atoms with E-state index in [1.54, 1.807) is 36.4 Å². The number of carboxylic acids is 2. The molecule has 0 amide bonds. The van der Waals surface area contributed by atoms with Crippen molar-refractivity contribution in [2.45, 2.75) is 27.7 Å². The molecule has 0 atom stereocenters. The SMILES string of the molecule is Cc1cccc(Nc2ccccc2C(=O)O)c1C.Cc1cccc(Nc2ccccc2C(=O)O)c1C.[Cd]. The van der Waals surface area contributed by atoms with Gasteiger partial charge in [0.2, 0.25) is 0 Å². The Morgan fingerprint density at radius 1 is 0.514 bits per heavy atom. The van der Waals surface area contributed by atoms with Crippen molar-refractivity contribution in [3.05, 3.63) is 118 Å². The molecule has 7 heteroatoms. The van der Waals surface area contributed by atoms with Crippen molar-refractivity contribution in [1.82, 2.24) is 0 Å². The van der Waals surface area contributed by atoms with E-state index < -0.39 is 11.9 Å². The van der Waals surface area contributed by atoms with E-state index in [0.717, 1.165) is 22.5 Å². The number of benzene rings is 4. The Kier molecular flexibility index (Phi) is 10.9. The topological polar surface area (TPSA) is 98.7 Å². The molecule has 4 aromatic carbocycles. The van der Waals surface area contributed by atoms with Crippen LogP contribution in [0.5, 0.6) is 0 Å².